The lowest BCUT2D eigenvalue weighted by Crippen LogP contribution is -2.38. The van der Waals surface area contributed by atoms with Crippen molar-refractivity contribution in [3.05, 3.63) is 64.8 Å². The van der Waals surface area contributed by atoms with Crippen molar-refractivity contribution in [2.24, 2.45) is 0 Å². The number of nitrogens with zero attached hydrogens (tertiary/aromatic N) is 1. The van der Waals surface area contributed by atoms with Gasteiger partial charge in [-0.05, 0) is 55.2 Å². The van der Waals surface area contributed by atoms with Crippen LogP contribution in [0.1, 0.15) is 45.9 Å². The van der Waals surface area contributed by atoms with Crippen molar-refractivity contribution in [1.29, 1.82) is 0 Å². The van der Waals surface area contributed by atoms with Crippen LogP contribution in [0.5, 0.6) is 5.75 Å². The number of ether oxygens (including phenoxy) is 2. The molecule has 0 radical (unpaired) electrons. The molecular weight excluding hydrogens is 380 g/mol. The first-order valence-electron chi connectivity index (χ1n) is 10.3. The van der Waals surface area contributed by atoms with E-state index in [1.54, 1.807) is 19.2 Å². The largest absolute Gasteiger partial charge is 0.496 e. The minimum absolute atomic E-state index is 0.0560. The minimum Gasteiger partial charge on any atom is -0.496 e. The maximum absolute atomic E-state index is 11.8. The molecule has 0 amide bonds. The maximum atomic E-state index is 11.8. The number of methoxy groups -OCH3 is 2. The zero-order valence-corrected chi connectivity index (χ0v) is 17.6. The molecule has 0 spiro atoms. The maximum Gasteiger partial charge on any atom is 0.337 e. The number of aliphatic hydroxyl groups is 1. The summed E-state index contributed by atoms with van der Waals surface area (Å²) in [4.78, 5) is 17.5. The molecule has 2 unspecified atom stereocenters. The van der Waals surface area contributed by atoms with Crippen molar-refractivity contribution in [1.82, 2.24) is 9.88 Å². The summed E-state index contributed by atoms with van der Waals surface area (Å²) in [6.07, 6.45) is 3.02. The van der Waals surface area contributed by atoms with Gasteiger partial charge in [-0.2, -0.15) is 0 Å². The van der Waals surface area contributed by atoms with E-state index in [0.717, 1.165) is 46.3 Å². The molecule has 30 heavy (non-hydrogen) atoms. The molecule has 0 saturated carbocycles. The fourth-order valence-corrected chi connectivity index (χ4v) is 4.47. The van der Waals surface area contributed by atoms with E-state index in [9.17, 15) is 9.90 Å². The highest BCUT2D eigenvalue weighted by atomic mass is 16.5. The topological polar surface area (TPSA) is 74.8 Å². The number of H-pyrrole nitrogens is 1. The number of carbonyl (C=O) groups excluding carboxylic acids is 1. The lowest BCUT2D eigenvalue weighted by Gasteiger charge is -2.38. The molecule has 6 nitrogen and oxygen atoms in total. The number of likely N-dealkylation sites (tertiary alicyclic amines) is 1. The van der Waals surface area contributed by atoms with Crippen LogP contribution in [0.3, 0.4) is 0 Å². The number of benzene rings is 2. The van der Waals surface area contributed by atoms with Gasteiger partial charge in [-0.1, -0.05) is 12.1 Å². The summed E-state index contributed by atoms with van der Waals surface area (Å²) in [7, 11) is 3.09. The fourth-order valence-electron chi connectivity index (χ4n) is 4.47. The molecule has 1 fully saturated rings. The van der Waals surface area contributed by atoms with E-state index in [2.05, 4.69) is 28.9 Å². The summed E-state index contributed by atoms with van der Waals surface area (Å²) in [6, 6.07) is 11.7. The van der Waals surface area contributed by atoms with Crippen LogP contribution in [0.15, 0.2) is 42.6 Å². The first-order valence-corrected chi connectivity index (χ1v) is 10.3. The van der Waals surface area contributed by atoms with Crippen LogP contribution < -0.4 is 4.74 Å². The Morgan fingerprint density at radius 3 is 2.70 bits per heavy atom. The number of aromatic amines is 1. The van der Waals surface area contributed by atoms with Gasteiger partial charge < -0.3 is 19.6 Å². The van der Waals surface area contributed by atoms with Crippen LogP contribution in [0.25, 0.3) is 10.9 Å². The number of piperidine rings is 1. The minimum atomic E-state index is -0.346. The van der Waals surface area contributed by atoms with Gasteiger partial charge in [-0.15, -0.1) is 0 Å². The van der Waals surface area contributed by atoms with Crippen LogP contribution in [0.2, 0.25) is 0 Å². The van der Waals surface area contributed by atoms with E-state index in [-0.39, 0.29) is 18.1 Å². The number of fused-ring (bicyclic) bond motifs is 1. The fraction of sp³-hybridized carbons (Fsp3) is 0.375. The van der Waals surface area contributed by atoms with Crippen LogP contribution in [-0.4, -0.2) is 47.8 Å². The SMILES string of the molecule is COC(=O)c1ccc(C2CC(O)CCN2Cc2c(OC)cc(C)c3[nH]ccc23)cc1. The second-order valence-corrected chi connectivity index (χ2v) is 7.92. The number of nitrogens with one attached hydrogen (secondary N) is 1. The van der Waals surface area contributed by atoms with Gasteiger partial charge in [0.25, 0.3) is 0 Å². The highest BCUT2D eigenvalue weighted by Crippen LogP contribution is 2.37. The molecule has 1 saturated heterocycles. The van der Waals surface area contributed by atoms with Crippen molar-refractivity contribution in [3.63, 3.8) is 0 Å². The van der Waals surface area contributed by atoms with Gasteiger partial charge in [0.2, 0.25) is 0 Å². The molecule has 158 valence electrons. The molecule has 2 heterocycles. The Morgan fingerprint density at radius 2 is 2.00 bits per heavy atom. The van der Waals surface area contributed by atoms with E-state index in [0.29, 0.717) is 18.5 Å². The van der Waals surface area contributed by atoms with E-state index >= 15 is 0 Å². The van der Waals surface area contributed by atoms with Crippen molar-refractivity contribution < 1.29 is 19.4 Å². The highest BCUT2D eigenvalue weighted by molar-refractivity contribution is 5.89. The number of carbonyl (C=O) groups is 1. The van der Waals surface area contributed by atoms with E-state index < -0.39 is 0 Å². The summed E-state index contributed by atoms with van der Waals surface area (Å²) in [6.45, 7) is 3.58. The monoisotopic (exact) mass is 408 g/mol. The molecule has 2 N–H and O–H groups in total. The summed E-state index contributed by atoms with van der Waals surface area (Å²) in [5.41, 5.74) is 5.03. The summed E-state index contributed by atoms with van der Waals surface area (Å²) >= 11 is 0. The number of aryl methyl sites for hydroxylation is 1. The number of rotatable bonds is 5. The molecule has 1 aromatic heterocycles. The Hall–Kier alpha value is -2.83. The quantitative estimate of drug-likeness (QED) is 0.625. The Bertz CT molecular complexity index is 1040. The molecule has 6 heteroatoms. The van der Waals surface area contributed by atoms with Crippen molar-refractivity contribution >= 4 is 16.9 Å². The molecule has 1 aliphatic heterocycles. The normalized spacial score (nSPS) is 19.7. The first kappa shape index (κ1) is 20.4. The standard InChI is InChI=1S/C24H28N2O4/c1-15-12-22(29-2)20(19-8-10-25-23(15)19)14-26-11-9-18(27)13-21(26)16-4-6-17(7-5-16)24(28)30-3/h4-8,10,12,18,21,25,27H,9,11,13-14H2,1-3H3. The van der Waals surface area contributed by atoms with Gasteiger partial charge in [-0.3, -0.25) is 4.90 Å². The number of aromatic nitrogens is 1. The van der Waals surface area contributed by atoms with Gasteiger partial charge >= 0.3 is 5.97 Å². The van der Waals surface area contributed by atoms with Gasteiger partial charge in [0, 0.05) is 41.8 Å². The number of hydrogen-bond donors (Lipinski definition) is 2. The van der Waals surface area contributed by atoms with Crippen LogP contribution in [-0.2, 0) is 11.3 Å². The van der Waals surface area contributed by atoms with Gasteiger partial charge in [-0.25, -0.2) is 4.79 Å². The zero-order chi connectivity index (χ0) is 21.3. The summed E-state index contributed by atoms with van der Waals surface area (Å²) < 4.78 is 10.5. The van der Waals surface area contributed by atoms with Crippen molar-refractivity contribution in [2.75, 3.05) is 20.8 Å². The Balaban J connectivity index is 1.67. The molecule has 0 bridgehead atoms. The molecule has 1 aliphatic rings. The smallest absolute Gasteiger partial charge is 0.337 e. The third kappa shape index (κ3) is 3.80. The Morgan fingerprint density at radius 1 is 1.23 bits per heavy atom. The van der Waals surface area contributed by atoms with Gasteiger partial charge in [0.15, 0.2) is 0 Å². The Labute approximate surface area is 176 Å². The lowest BCUT2D eigenvalue weighted by molar-refractivity contribution is 0.0362. The van der Waals surface area contributed by atoms with Gasteiger partial charge in [0.05, 0.1) is 25.9 Å². The average molecular weight is 408 g/mol. The summed E-state index contributed by atoms with van der Waals surface area (Å²) in [5.74, 6) is 0.534. The third-order valence-corrected chi connectivity index (χ3v) is 6.09. The van der Waals surface area contributed by atoms with Crippen LogP contribution >= 0.6 is 0 Å². The van der Waals surface area contributed by atoms with Crippen LogP contribution in [0, 0.1) is 6.92 Å². The third-order valence-electron chi connectivity index (χ3n) is 6.09. The van der Waals surface area contributed by atoms with Gasteiger partial charge in [0.1, 0.15) is 5.75 Å². The van der Waals surface area contributed by atoms with Crippen LogP contribution in [0.4, 0.5) is 0 Å². The lowest BCUT2D eigenvalue weighted by atomic mass is 9.91. The Kier molecular flexibility index (Phi) is 5.79. The molecule has 2 aromatic carbocycles. The molecule has 2 atom stereocenters. The highest BCUT2D eigenvalue weighted by Gasteiger charge is 2.30. The van der Waals surface area contributed by atoms with E-state index in [1.807, 2.05) is 18.3 Å². The molecule has 0 aliphatic carbocycles. The number of hydrogen-bond acceptors (Lipinski definition) is 5. The zero-order valence-electron chi connectivity index (χ0n) is 17.6. The van der Waals surface area contributed by atoms with Crippen molar-refractivity contribution in [3.8, 4) is 5.75 Å². The van der Waals surface area contributed by atoms with E-state index in [4.69, 9.17) is 9.47 Å². The molecule has 3 aromatic rings. The van der Waals surface area contributed by atoms with E-state index in [1.165, 1.54) is 7.11 Å². The second kappa shape index (κ2) is 8.50. The first-order chi connectivity index (χ1) is 14.5. The molecule has 4 rings (SSSR count). The number of esters is 1. The predicted octanol–water partition coefficient (Wildman–Crippen LogP) is 3.97. The average Bonchev–Trinajstić information content (AvgIpc) is 3.26. The summed E-state index contributed by atoms with van der Waals surface area (Å²) in [5, 5.41) is 11.5. The predicted molar refractivity (Wildman–Crippen MR) is 116 cm³/mol. The second-order valence-electron chi connectivity index (χ2n) is 7.92. The van der Waals surface area contributed by atoms with Crippen molar-refractivity contribution in [2.45, 2.75) is 38.5 Å². The number of aliphatic hydroxyl groups excluding tert-OH is 1. The molecular formula is C24H28N2O4.